The summed E-state index contributed by atoms with van der Waals surface area (Å²) in [5.74, 6) is 0.0695. The summed E-state index contributed by atoms with van der Waals surface area (Å²) in [5.41, 5.74) is 2.82. The third-order valence-corrected chi connectivity index (χ3v) is 4.17. The van der Waals surface area contributed by atoms with Crippen LogP contribution in [0.2, 0.25) is 0 Å². The number of nitrogens with one attached hydrogen (secondary N) is 1. The number of rotatable bonds is 2. The van der Waals surface area contributed by atoms with Crippen molar-refractivity contribution in [1.82, 2.24) is 5.32 Å². The third-order valence-electron chi connectivity index (χ3n) is 3.01. The Balaban J connectivity index is 1.96. The van der Waals surface area contributed by atoms with Gasteiger partial charge < -0.3 is 10.4 Å². The van der Waals surface area contributed by atoms with E-state index in [4.69, 9.17) is 12.2 Å². The molecule has 2 aromatic carbocycles. The standard InChI is InChI=1S/C16H11NO2S2/c18-13-6-2-5-12(9-13)11-4-1-3-10(7-11)8-14-15(19)17-16(20)21-14/h1-9,18H,(H,17,19,20)/b14-8-. The molecule has 3 rings (SSSR count). The average Bonchev–Trinajstić information content (AvgIpc) is 2.77. The zero-order chi connectivity index (χ0) is 14.8. The van der Waals surface area contributed by atoms with E-state index < -0.39 is 0 Å². The lowest BCUT2D eigenvalue weighted by atomic mass is 10.0. The predicted octanol–water partition coefficient (Wildman–Crippen LogP) is 3.55. The van der Waals surface area contributed by atoms with Crippen molar-refractivity contribution < 1.29 is 9.90 Å². The predicted molar refractivity (Wildman–Crippen MR) is 89.9 cm³/mol. The van der Waals surface area contributed by atoms with E-state index in [-0.39, 0.29) is 11.7 Å². The smallest absolute Gasteiger partial charge is 0.263 e. The molecule has 21 heavy (non-hydrogen) atoms. The molecule has 1 aliphatic heterocycles. The molecule has 5 heteroatoms. The Kier molecular flexibility index (Phi) is 3.77. The topological polar surface area (TPSA) is 49.3 Å². The number of thiocarbonyl (C=S) groups is 1. The van der Waals surface area contributed by atoms with E-state index in [0.717, 1.165) is 16.7 Å². The molecule has 1 saturated heterocycles. The molecule has 1 heterocycles. The Morgan fingerprint density at radius 3 is 2.48 bits per heavy atom. The van der Waals surface area contributed by atoms with Gasteiger partial charge >= 0.3 is 0 Å². The second-order valence-corrected chi connectivity index (χ2v) is 6.25. The molecule has 0 aliphatic carbocycles. The Morgan fingerprint density at radius 1 is 1.10 bits per heavy atom. The molecule has 0 radical (unpaired) electrons. The SMILES string of the molecule is O=C1NC(=S)S/C1=C\c1cccc(-c2cccc(O)c2)c1. The Bertz CT molecular complexity index is 768. The van der Waals surface area contributed by atoms with E-state index >= 15 is 0 Å². The highest BCUT2D eigenvalue weighted by molar-refractivity contribution is 8.26. The van der Waals surface area contributed by atoms with Gasteiger partial charge in [-0.3, -0.25) is 4.79 Å². The lowest BCUT2D eigenvalue weighted by Gasteiger charge is -2.04. The average molecular weight is 313 g/mol. The van der Waals surface area contributed by atoms with Crippen LogP contribution in [0.4, 0.5) is 0 Å². The third kappa shape index (κ3) is 3.15. The first kappa shape index (κ1) is 13.9. The summed E-state index contributed by atoms with van der Waals surface area (Å²) in [6, 6.07) is 14.8. The van der Waals surface area contributed by atoms with Gasteiger partial charge in [-0.1, -0.05) is 54.3 Å². The summed E-state index contributed by atoms with van der Waals surface area (Å²) in [4.78, 5) is 12.3. The molecular weight excluding hydrogens is 302 g/mol. The maximum atomic E-state index is 11.7. The van der Waals surface area contributed by atoms with Crippen molar-refractivity contribution >= 4 is 40.3 Å². The fourth-order valence-corrected chi connectivity index (χ4v) is 3.11. The van der Waals surface area contributed by atoms with E-state index in [1.165, 1.54) is 11.8 Å². The fourth-order valence-electron chi connectivity index (χ4n) is 2.07. The van der Waals surface area contributed by atoms with Gasteiger partial charge in [-0.15, -0.1) is 0 Å². The molecule has 2 N–H and O–H groups in total. The van der Waals surface area contributed by atoms with E-state index in [1.807, 2.05) is 36.4 Å². The van der Waals surface area contributed by atoms with Gasteiger partial charge in [0.2, 0.25) is 0 Å². The largest absolute Gasteiger partial charge is 0.508 e. The van der Waals surface area contributed by atoms with Crippen molar-refractivity contribution in [2.45, 2.75) is 0 Å². The summed E-state index contributed by atoms with van der Waals surface area (Å²) in [6.07, 6.45) is 1.81. The van der Waals surface area contributed by atoms with Crippen molar-refractivity contribution in [2.24, 2.45) is 0 Å². The maximum absolute atomic E-state index is 11.7. The molecule has 1 amide bonds. The van der Waals surface area contributed by atoms with Gasteiger partial charge in [-0.05, 0) is 41.0 Å². The number of thioether (sulfide) groups is 1. The molecule has 3 nitrogen and oxygen atoms in total. The number of carbonyl (C=O) groups excluding carboxylic acids is 1. The van der Waals surface area contributed by atoms with Gasteiger partial charge in [0.1, 0.15) is 10.1 Å². The van der Waals surface area contributed by atoms with Crippen LogP contribution in [0.25, 0.3) is 17.2 Å². The number of phenols is 1. The number of benzene rings is 2. The molecule has 0 saturated carbocycles. The van der Waals surface area contributed by atoms with Crippen LogP contribution in [-0.4, -0.2) is 15.3 Å². The van der Waals surface area contributed by atoms with Crippen LogP contribution in [0.5, 0.6) is 5.75 Å². The van der Waals surface area contributed by atoms with Crippen LogP contribution in [0.1, 0.15) is 5.56 Å². The number of hydrogen-bond donors (Lipinski definition) is 2. The molecule has 0 unspecified atom stereocenters. The number of phenolic OH excluding ortho intramolecular Hbond substituents is 1. The van der Waals surface area contributed by atoms with Crippen molar-refractivity contribution in [1.29, 1.82) is 0 Å². The highest BCUT2D eigenvalue weighted by Crippen LogP contribution is 2.28. The number of carbonyl (C=O) groups is 1. The lowest BCUT2D eigenvalue weighted by molar-refractivity contribution is -0.115. The minimum absolute atomic E-state index is 0.159. The Labute approximate surface area is 131 Å². The molecular formula is C16H11NO2S2. The van der Waals surface area contributed by atoms with Crippen LogP contribution in [0.3, 0.4) is 0 Å². The zero-order valence-corrected chi connectivity index (χ0v) is 12.5. The number of aromatic hydroxyl groups is 1. The molecule has 0 atom stereocenters. The first-order valence-corrected chi connectivity index (χ1v) is 7.48. The highest BCUT2D eigenvalue weighted by atomic mass is 32.2. The minimum Gasteiger partial charge on any atom is -0.508 e. The summed E-state index contributed by atoms with van der Waals surface area (Å²) in [6.45, 7) is 0. The quantitative estimate of drug-likeness (QED) is 0.657. The molecule has 0 bridgehead atoms. The summed E-state index contributed by atoms with van der Waals surface area (Å²) < 4.78 is 0.482. The van der Waals surface area contributed by atoms with E-state index in [0.29, 0.717) is 9.23 Å². The van der Waals surface area contributed by atoms with E-state index in [2.05, 4.69) is 5.32 Å². The first-order valence-electron chi connectivity index (χ1n) is 6.26. The van der Waals surface area contributed by atoms with E-state index in [9.17, 15) is 9.90 Å². The summed E-state index contributed by atoms with van der Waals surface area (Å²) in [5, 5.41) is 12.1. The van der Waals surface area contributed by atoms with Gasteiger partial charge in [-0.2, -0.15) is 0 Å². The van der Waals surface area contributed by atoms with Gasteiger partial charge in [0.05, 0.1) is 4.91 Å². The summed E-state index contributed by atoms with van der Waals surface area (Å²) >= 11 is 6.23. The molecule has 104 valence electrons. The van der Waals surface area contributed by atoms with Gasteiger partial charge in [0.25, 0.3) is 5.91 Å². The van der Waals surface area contributed by atoms with Crippen LogP contribution in [0.15, 0.2) is 53.4 Å². The molecule has 2 aromatic rings. The Morgan fingerprint density at radius 2 is 1.81 bits per heavy atom. The number of hydrogen-bond acceptors (Lipinski definition) is 4. The summed E-state index contributed by atoms with van der Waals surface area (Å²) in [7, 11) is 0. The van der Waals surface area contributed by atoms with Gasteiger partial charge in [0, 0.05) is 0 Å². The molecule has 0 aromatic heterocycles. The van der Waals surface area contributed by atoms with Gasteiger partial charge in [0.15, 0.2) is 0 Å². The van der Waals surface area contributed by atoms with Gasteiger partial charge in [-0.25, -0.2) is 0 Å². The fraction of sp³-hybridized carbons (Fsp3) is 0. The van der Waals surface area contributed by atoms with Crippen LogP contribution >= 0.6 is 24.0 Å². The first-order chi connectivity index (χ1) is 10.1. The van der Waals surface area contributed by atoms with Crippen LogP contribution in [0, 0.1) is 0 Å². The monoisotopic (exact) mass is 313 g/mol. The van der Waals surface area contributed by atoms with Crippen molar-refractivity contribution in [3.8, 4) is 16.9 Å². The maximum Gasteiger partial charge on any atom is 0.263 e. The lowest BCUT2D eigenvalue weighted by Crippen LogP contribution is -2.17. The van der Waals surface area contributed by atoms with Crippen molar-refractivity contribution in [3.63, 3.8) is 0 Å². The van der Waals surface area contributed by atoms with E-state index in [1.54, 1.807) is 18.2 Å². The second-order valence-electron chi connectivity index (χ2n) is 4.53. The minimum atomic E-state index is -0.159. The molecule has 1 fully saturated rings. The normalized spacial score (nSPS) is 16.3. The second kappa shape index (κ2) is 5.71. The molecule has 1 aliphatic rings. The van der Waals surface area contributed by atoms with Crippen LogP contribution in [-0.2, 0) is 4.79 Å². The zero-order valence-electron chi connectivity index (χ0n) is 10.9. The Hall–Kier alpha value is -2.11. The van der Waals surface area contributed by atoms with Crippen molar-refractivity contribution in [2.75, 3.05) is 0 Å². The number of amides is 1. The van der Waals surface area contributed by atoms with Crippen LogP contribution < -0.4 is 5.32 Å². The highest BCUT2D eigenvalue weighted by Gasteiger charge is 2.21. The van der Waals surface area contributed by atoms with Crippen molar-refractivity contribution in [3.05, 3.63) is 59.0 Å². The molecule has 0 spiro atoms.